The standard InChI is InChI=1S/C12H16F2N2O3/c1-7(2)3-8(6-17)15-12-10(13)4-9(16(18)19)5-11(12)14/h4-5,7-8,15,17H,3,6H2,1-2H3. The molecule has 0 aliphatic heterocycles. The normalized spacial score (nSPS) is 12.5. The Kier molecular flexibility index (Phi) is 5.17. The molecular weight excluding hydrogens is 258 g/mol. The Morgan fingerprint density at radius 3 is 2.26 bits per heavy atom. The Morgan fingerprint density at radius 1 is 1.37 bits per heavy atom. The molecule has 0 fully saturated rings. The Hall–Kier alpha value is -1.76. The summed E-state index contributed by atoms with van der Waals surface area (Å²) in [6, 6.07) is 0.787. The second kappa shape index (κ2) is 6.42. The molecule has 0 bridgehead atoms. The van der Waals surface area contributed by atoms with Crippen LogP contribution in [0.1, 0.15) is 20.3 Å². The number of hydrogen-bond acceptors (Lipinski definition) is 4. The fraction of sp³-hybridized carbons (Fsp3) is 0.500. The summed E-state index contributed by atoms with van der Waals surface area (Å²) in [5.74, 6) is -1.86. The molecule has 1 unspecified atom stereocenters. The molecule has 1 aromatic rings. The van der Waals surface area contributed by atoms with Crippen LogP contribution in [-0.4, -0.2) is 22.7 Å². The third-order valence-electron chi connectivity index (χ3n) is 2.56. The van der Waals surface area contributed by atoms with Crippen LogP contribution < -0.4 is 5.32 Å². The molecule has 5 nitrogen and oxygen atoms in total. The second-order valence-electron chi connectivity index (χ2n) is 4.69. The number of rotatable bonds is 6. The van der Waals surface area contributed by atoms with Gasteiger partial charge in [-0.15, -0.1) is 0 Å². The Balaban J connectivity index is 2.97. The first-order chi connectivity index (χ1) is 8.85. The quantitative estimate of drug-likeness (QED) is 0.617. The summed E-state index contributed by atoms with van der Waals surface area (Å²) in [4.78, 5) is 9.58. The molecule has 2 N–H and O–H groups in total. The molecule has 0 aromatic heterocycles. The van der Waals surface area contributed by atoms with Crippen LogP contribution in [0, 0.1) is 27.7 Å². The molecule has 0 radical (unpaired) electrons. The number of nitro benzene ring substituents is 1. The van der Waals surface area contributed by atoms with Gasteiger partial charge < -0.3 is 10.4 Å². The van der Waals surface area contributed by atoms with E-state index < -0.39 is 34.0 Å². The summed E-state index contributed by atoms with van der Waals surface area (Å²) in [5, 5.41) is 22.1. The second-order valence-corrected chi connectivity index (χ2v) is 4.69. The van der Waals surface area contributed by atoms with E-state index in [1.807, 2.05) is 13.8 Å². The van der Waals surface area contributed by atoms with Crippen LogP contribution >= 0.6 is 0 Å². The van der Waals surface area contributed by atoms with E-state index in [1.165, 1.54) is 0 Å². The van der Waals surface area contributed by atoms with Crippen LogP contribution in [0.2, 0.25) is 0 Å². The third kappa shape index (κ3) is 4.13. The molecule has 1 rings (SSSR count). The van der Waals surface area contributed by atoms with Crippen molar-refractivity contribution >= 4 is 11.4 Å². The van der Waals surface area contributed by atoms with E-state index in [-0.39, 0.29) is 12.5 Å². The molecule has 0 aliphatic carbocycles. The monoisotopic (exact) mass is 274 g/mol. The maximum atomic E-state index is 13.6. The van der Waals surface area contributed by atoms with Gasteiger partial charge in [0.2, 0.25) is 0 Å². The van der Waals surface area contributed by atoms with Crippen LogP contribution in [0.25, 0.3) is 0 Å². The SMILES string of the molecule is CC(C)CC(CO)Nc1c(F)cc([N+](=O)[O-])cc1F. The molecule has 0 aliphatic rings. The maximum absolute atomic E-state index is 13.6. The highest BCUT2D eigenvalue weighted by molar-refractivity contribution is 5.52. The van der Waals surface area contributed by atoms with E-state index in [4.69, 9.17) is 5.11 Å². The molecular formula is C12H16F2N2O3. The maximum Gasteiger partial charge on any atom is 0.275 e. The van der Waals surface area contributed by atoms with Gasteiger partial charge in [0, 0.05) is 6.04 Å². The number of halogens is 2. The number of nitrogens with one attached hydrogen (secondary N) is 1. The van der Waals surface area contributed by atoms with Gasteiger partial charge in [-0.2, -0.15) is 0 Å². The molecule has 0 saturated carbocycles. The Bertz CT molecular complexity index is 443. The minimum Gasteiger partial charge on any atom is -0.394 e. The number of nitrogens with zero attached hydrogens (tertiary/aromatic N) is 1. The van der Waals surface area contributed by atoms with Crippen molar-refractivity contribution < 1.29 is 18.8 Å². The van der Waals surface area contributed by atoms with Crippen LogP contribution in [0.15, 0.2) is 12.1 Å². The lowest BCUT2D eigenvalue weighted by atomic mass is 10.0. The molecule has 7 heteroatoms. The molecule has 0 spiro atoms. The fourth-order valence-electron chi connectivity index (χ4n) is 1.76. The van der Waals surface area contributed by atoms with Crippen LogP contribution in [0.3, 0.4) is 0 Å². The van der Waals surface area contributed by atoms with Crippen LogP contribution in [0.4, 0.5) is 20.2 Å². The zero-order valence-corrected chi connectivity index (χ0v) is 10.7. The number of aliphatic hydroxyl groups excluding tert-OH is 1. The summed E-state index contributed by atoms with van der Waals surface area (Å²) in [5.41, 5.74) is -1.10. The van der Waals surface area contributed by atoms with Crippen LogP contribution in [-0.2, 0) is 0 Å². The number of benzene rings is 1. The van der Waals surface area contributed by atoms with E-state index >= 15 is 0 Å². The van der Waals surface area contributed by atoms with Crippen molar-refractivity contribution in [2.24, 2.45) is 5.92 Å². The summed E-state index contributed by atoms with van der Waals surface area (Å²) in [6.45, 7) is 3.54. The molecule has 19 heavy (non-hydrogen) atoms. The van der Waals surface area contributed by atoms with Crippen molar-refractivity contribution in [1.82, 2.24) is 0 Å². The van der Waals surface area contributed by atoms with Gasteiger partial charge in [-0.1, -0.05) is 13.8 Å². The Labute approximate surface area is 109 Å². The lowest BCUT2D eigenvalue weighted by molar-refractivity contribution is -0.385. The average Bonchev–Trinajstić information content (AvgIpc) is 2.31. The first-order valence-corrected chi connectivity index (χ1v) is 5.86. The number of anilines is 1. The highest BCUT2D eigenvalue weighted by Gasteiger charge is 2.19. The molecule has 0 heterocycles. The average molecular weight is 274 g/mol. The van der Waals surface area contributed by atoms with Gasteiger partial charge in [-0.25, -0.2) is 8.78 Å². The third-order valence-corrected chi connectivity index (χ3v) is 2.56. The number of aliphatic hydroxyl groups is 1. The summed E-state index contributed by atoms with van der Waals surface area (Å²) >= 11 is 0. The van der Waals surface area contributed by atoms with Crippen LogP contribution in [0.5, 0.6) is 0 Å². The van der Waals surface area contributed by atoms with Gasteiger partial charge >= 0.3 is 0 Å². The van der Waals surface area contributed by atoms with E-state index in [0.29, 0.717) is 18.6 Å². The van der Waals surface area contributed by atoms with Crippen molar-refractivity contribution in [1.29, 1.82) is 0 Å². The van der Waals surface area contributed by atoms with E-state index in [1.54, 1.807) is 0 Å². The largest absolute Gasteiger partial charge is 0.394 e. The molecule has 0 saturated heterocycles. The number of non-ortho nitro benzene ring substituents is 1. The van der Waals surface area contributed by atoms with E-state index in [9.17, 15) is 18.9 Å². The minimum atomic E-state index is -1.05. The van der Waals surface area contributed by atoms with Crippen molar-refractivity contribution in [3.63, 3.8) is 0 Å². The van der Waals surface area contributed by atoms with Gasteiger partial charge in [0.05, 0.1) is 23.7 Å². The number of nitro groups is 1. The lowest BCUT2D eigenvalue weighted by Gasteiger charge is -2.20. The zero-order chi connectivity index (χ0) is 14.6. The van der Waals surface area contributed by atoms with Gasteiger partial charge in [0.25, 0.3) is 5.69 Å². The van der Waals surface area contributed by atoms with Gasteiger partial charge in [0.1, 0.15) is 5.69 Å². The smallest absolute Gasteiger partial charge is 0.275 e. The zero-order valence-electron chi connectivity index (χ0n) is 10.7. The number of hydrogen-bond donors (Lipinski definition) is 2. The topological polar surface area (TPSA) is 75.4 Å². The highest BCUT2D eigenvalue weighted by Crippen LogP contribution is 2.26. The van der Waals surface area contributed by atoms with Crippen molar-refractivity contribution in [2.75, 3.05) is 11.9 Å². The summed E-state index contributed by atoms with van der Waals surface area (Å²) < 4.78 is 27.2. The summed E-state index contributed by atoms with van der Waals surface area (Å²) in [7, 11) is 0. The first-order valence-electron chi connectivity index (χ1n) is 5.86. The first kappa shape index (κ1) is 15.3. The van der Waals surface area contributed by atoms with Gasteiger partial charge in [-0.3, -0.25) is 10.1 Å². The lowest BCUT2D eigenvalue weighted by Crippen LogP contribution is -2.26. The van der Waals surface area contributed by atoms with E-state index in [2.05, 4.69) is 5.32 Å². The predicted octanol–water partition coefficient (Wildman–Crippen LogP) is 2.69. The van der Waals surface area contributed by atoms with Crippen molar-refractivity contribution in [3.05, 3.63) is 33.9 Å². The fourth-order valence-corrected chi connectivity index (χ4v) is 1.76. The minimum absolute atomic E-state index is 0.230. The van der Waals surface area contributed by atoms with Crippen molar-refractivity contribution in [2.45, 2.75) is 26.3 Å². The molecule has 106 valence electrons. The van der Waals surface area contributed by atoms with Crippen molar-refractivity contribution in [3.8, 4) is 0 Å². The molecule has 1 atom stereocenters. The summed E-state index contributed by atoms with van der Waals surface area (Å²) in [6.07, 6.45) is 0.520. The van der Waals surface area contributed by atoms with Gasteiger partial charge in [0.15, 0.2) is 11.6 Å². The predicted molar refractivity (Wildman–Crippen MR) is 67.0 cm³/mol. The molecule has 0 amide bonds. The van der Waals surface area contributed by atoms with E-state index in [0.717, 1.165) is 0 Å². The Morgan fingerprint density at radius 2 is 1.89 bits per heavy atom. The molecule has 1 aromatic carbocycles. The highest BCUT2D eigenvalue weighted by atomic mass is 19.1. The van der Waals surface area contributed by atoms with Gasteiger partial charge in [-0.05, 0) is 12.3 Å².